The Labute approximate surface area is 97.3 Å². The van der Waals surface area contributed by atoms with Crippen LogP contribution in [0.2, 0.25) is 0 Å². The van der Waals surface area contributed by atoms with Gasteiger partial charge in [-0.1, -0.05) is 13.0 Å². The minimum Gasteiger partial charge on any atom is -0.494 e. The minimum atomic E-state index is 0.111. The third kappa shape index (κ3) is 2.56. The lowest BCUT2D eigenvalue weighted by Crippen LogP contribution is -2.02. The van der Waals surface area contributed by atoms with Crippen molar-refractivity contribution in [3.63, 3.8) is 0 Å². The summed E-state index contributed by atoms with van der Waals surface area (Å²) in [4.78, 5) is 0. The second kappa shape index (κ2) is 4.88. The van der Waals surface area contributed by atoms with Crippen molar-refractivity contribution >= 4 is 0 Å². The van der Waals surface area contributed by atoms with Crippen LogP contribution in [0.5, 0.6) is 5.75 Å². The monoisotopic (exact) mass is 219 g/mol. The molecule has 1 fully saturated rings. The fourth-order valence-electron chi connectivity index (χ4n) is 1.86. The van der Waals surface area contributed by atoms with Gasteiger partial charge in [0.1, 0.15) is 5.75 Å². The lowest BCUT2D eigenvalue weighted by atomic mass is 9.97. The maximum absolute atomic E-state index is 9.18. The van der Waals surface area contributed by atoms with Crippen LogP contribution in [0.4, 0.5) is 0 Å². The second-order valence-corrected chi connectivity index (χ2v) is 4.44. The zero-order valence-corrected chi connectivity index (χ0v) is 9.99. The van der Waals surface area contributed by atoms with Gasteiger partial charge in [-0.25, -0.2) is 0 Å². The summed E-state index contributed by atoms with van der Waals surface area (Å²) >= 11 is 0. The molecule has 1 radical (unpaired) electrons. The van der Waals surface area contributed by atoms with Gasteiger partial charge in [-0.15, -0.1) is 0 Å². The molecular weight excluding hydrogens is 200 g/mol. The van der Waals surface area contributed by atoms with E-state index in [0.717, 1.165) is 17.2 Å². The van der Waals surface area contributed by atoms with Gasteiger partial charge in [-0.05, 0) is 48.9 Å². The molecule has 1 aliphatic rings. The molecule has 0 aliphatic heterocycles. The standard InChI is InChI=1S/C14H19O2/c1-3-16-14-7-12(10(2)9-15)6-13(8-14)11-4-5-11/h6-8,11,15H,3-5,9H2,1-2H3. The van der Waals surface area contributed by atoms with Crippen LogP contribution in [0.1, 0.15) is 43.7 Å². The third-order valence-corrected chi connectivity index (χ3v) is 3.02. The molecular formula is C14H19O2. The van der Waals surface area contributed by atoms with Crippen LogP contribution in [0.15, 0.2) is 18.2 Å². The highest BCUT2D eigenvalue weighted by Gasteiger charge is 2.24. The van der Waals surface area contributed by atoms with E-state index in [9.17, 15) is 5.11 Å². The van der Waals surface area contributed by atoms with Crippen LogP contribution < -0.4 is 4.74 Å². The summed E-state index contributed by atoms with van der Waals surface area (Å²) in [5.41, 5.74) is 2.46. The van der Waals surface area contributed by atoms with Crippen LogP contribution in [0.25, 0.3) is 0 Å². The molecule has 2 rings (SSSR count). The number of hydrogen-bond acceptors (Lipinski definition) is 2. The fourth-order valence-corrected chi connectivity index (χ4v) is 1.86. The predicted molar refractivity (Wildman–Crippen MR) is 64.7 cm³/mol. The first-order valence-electron chi connectivity index (χ1n) is 5.96. The van der Waals surface area contributed by atoms with Crippen molar-refractivity contribution in [1.29, 1.82) is 0 Å². The molecule has 0 atom stereocenters. The fraction of sp³-hybridized carbons (Fsp3) is 0.500. The van der Waals surface area contributed by atoms with Crippen LogP contribution in [0, 0.1) is 5.92 Å². The first-order chi connectivity index (χ1) is 7.74. The molecule has 1 aromatic rings. The van der Waals surface area contributed by atoms with Crippen LogP contribution in [-0.4, -0.2) is 18.3 Å². The molecule has 16 heavy (non-hydrogen) atoms. The maximum atomic E-state index is 9.18. The van der Waals surface area contributed by atoms with Crippen LogP contribution in [-0.2, 0) is 0 Å². The smallest absolute Gasteiger partial charge is 0.119 e. The van der Waals surface area contributed by atoms with Crippen molar-refractivity contribution in [2.24, 2.45) is 0 Å². The van der Waals surface area contributed by atoms with E-state index in [2.05, 4.69) is 12.1 Å². The number of hydrogen-bond donors (Lipinski definition) is 1. The molecule has 87 valence electrons. The average Bonchev–Trinajstić information content (AvgIpc) is 3.12. The van der Waals surface area contributed by atoms with Gasteiger partial charge in [-0.2, -0.15) is 0 Å². The SMILES string of the molecule is CCOc1cc([C](C)CO)cc(C2CC2)c1. The summed E-state index contributed by atoms with van der Waals surface area (Å²) < 4.78 is 5.56. The summed E-state index contributed by atoms with van der Waals surface area (Å²) in [7, 11) is 0. The van der Waals surface area contributed by atoms with E-state index >= 15 is 0 Å². The normalized spacial score (nSPS) is 15.5. The Kier molecular flexibility index (Phi) is 3.49. The molecule has 2 nitrogen and oxygen atoms in total. The first-order valence-corrected chi connectivity index (χ1v) is 5.96. The van der Waals surface area contributed by atoms with Gasteiger partial charge in [0.05, 0.1) is 13.2 Å². The van der Waals surface area contributed by atoms with Gasteiger partial charge in [0.25, 0.3) is 0 Å². The highest BCUT2D eigenvalue weighted by molar-refractivity contribution is 5.43. The largest absolute Gasteiger partial charge is 0.494 e. The summed E-state index contributed by atoms with van der Waals surface area (Å²) in [6.45, 7) is 4.75. The summed E-state index contributed by atoms with van der Waals surface area (Å²) in [5, 5.41) is 9.18. The molecule has 0 bridgehead atoms. The zero-order chi connectivity index (χ0) is 11.5. The van der Waals surface area contributed by atoms with Crippen molar-refractivity contribution in [1.82, 2.24) is 0 Å². The predicted octanol–water partition coefficient (Wildman–Crippen LogP) is 2.90. The minimum absolute atomic E-state index is 0.111. The van der Waals surface area contributed by atoms with E-state index < -0.39 is 0 Å². The van der Waals surface area contributed by atoms with Gasteiger partial charge in [0.15, 0.2) is 0 Å². The van der Waals surface area contributed by atoms with Gasteiger partial charge >= 0.3 is 0 Å². The van der Waals surface area contributed by atoms with E-state index in [4.69, 9.17) is 4.74 Å². The van der Waals surface area contributed by atoms with Crippen molar-refractivity contribution < 1.29 is 9.84 Å². The van der Waals surface area contributed by atoms with Crippen molar-refractivity contribution in [2.45, 2.75) is 32.6 Å². The summed E-state index contributed by atoms with van der Waals surface area (Å²) in [5.74, 6) is 2.64. The maximum Gasteiger partial charge on any atom is 0.119 e. The topological polar surface area (TPSA) is 29.5 Å². The number of rotatable bonds is 5. The Bertz CT molecular complexity index is 356. The van der Waals surface area contributed by atoms with E-state index in [0.29, 0.717) is 12.5 Å². The highest BCUT2D eigenvalue weighted by atomic mass is 16.5. The Morgan fingerprint density at radius 2 is 2.12 bits per heavy atom. The Morgan fingerprint density at radius 3 is 2.69 bits per heavy atom. The van der Waals surface area contributed by atoms with Crippen LogP contribution >= 0.6 is 0 Å². The number of aliphatic hydroxyl groups is 1. The first kappa shape index (κ1) is 11.5. The third-order valence-electron chi connectivity index (χ3n) is 3.02. The molecule has 1 aromatic carbocycles. The molecule has 0 amide bonds. The summed E-state index contributed by atoms with van der Waals surface area (Å²) in [6, 6.07) is 6.34. The number of benzene rings is 1. The van der Waals surface area contributed by atoms with Gasteiger partial charge in [0.2, 0.25) is 0 Å². The zero-order valence-electron chi connectivity index (χ0n) is 9.99. The molecule has 0 heterocycles. The van der Waals surface area contributed by atoms with E-state index in [1.807, 2.05) is 19.9 Å². The molecule has 1 N–H and O–H groups in total. The summed E-state index contributed by atoms with van der Waals surface area (Å²) in [6.07, 6.45) is 2.57. The molecule has 1 saturated carbocycles. The Balaban J connectivity index is 2.28. The molecule has 0 unspecified atom stereocenters. The average molecular weight is 219 g/mol. The molecule has 0 spiro atoms. The Morgan fingerprint density at radius 1 is 1.38 bits per heavy atom. The van der Waals surface area contributed by atoms with Crippen molar-refractivity contribution in [3.05, 3.63) is 35.2 Å². The van der Waals surface area contributed by atoms with E-state index in [1.54, 1.807) is 0 Å². The Hall–Kier alpha value is -1.02. The van der Waals surface area contributed by atoms with Crippen LogP contribution in [0.3, 0.4) is 0 Å². The number of aliphatic hydroxyl groups excluding tert-OH is 1. The lowest BCUT2D eigenvalue weighted by Gasteiger charge is -2.13. The van der Waals surface area contributed by atoms with Gasteiger partial charge in [0, 0.05) is 5.92 Å². The van der Waals surface area contributed by atoms with E-state index in [1.165, 1.54) is 18.4 Å². The van der Waals surface area contributed by atoms with E-state index in [-0.39, 0.29) is 6.61 Å². The molecule has 1 aliphatic carbocycles. The number of ether oxygens (including phenoxy) is 1. The second-order valence-electron chi connectivity index (χ2n) is 4.44. The van der Waals surface area contributed by atoms with Crippen molar-refractivity contribution in [2.75, 3.05) is 13.2 Å². The molecule has 2 heteroatoms. The van der Waals surface area contributed by atoms with Gasteiger partial charge < -0.3 is 9.84 Å². The lowest BCUT2D eigenvalue weighted by molar-refractivity contribution is 0.314. The molecule has 0 saturated heterocycles. The quantitative estimate of drug-likeness (QED) is 0.825. The highest BCUT2D eigenvalue weighted by Crippen LogP contribution is 2.42. The van der Waals surface area contributed by atoms with Gasteiger partial charge in [-0.3, -0.25) is 0 Å². The molecule has 0 aromatic heterocycles. The van der Waals surface area contributed by atoms with Crippen molar-refractivity contribution in [3.8, 4) is 5.75 Å².